The van der Waals surface area contributed by atoms with Gasteiger partial charge in [0.2, 0.25) is 0 Å². The molecule has 3 rings (SSSR count). The van der Waals surface area contributed by atoms with Gasteiger partial charge in [-0.25, -0.2) is 0 Å². The fourth-order valence-corrected chi connectivity index (χ4v) is 5.12. The lowest BCUT2D eigenvalue weighted by Gasteiger charge is -2.38. The van der Waals surface area contributed by atoms with Gasteiger partial charge < -0.3 is 20.1 Å². The molecule has 1 saturated heterocycles. The van der Waals surface area contributed by atoms with Crippen molar-refractivity contribution in [3.05, 3.63) is 29.8 Å². The van der Waals surface area contributed by atoms with E-state index >= 15 is 0 Å². The van der Waals surface area contributed by atoms with Crippen LogP contribution in [0.15, 0.2) is 29.3 Å². The van der Waals surface area contributed by atoms with E-state index in [1.807, 2.05) is 25.7 Å². The monoisotopic (exact) mass is 533 g/mol. The highest BCUT2D eigenvalue weighted by molar-refractivity contribution is 14.0. The highest BCUT2D eigenvalue weighted by Crippen LogP contribution is 2.35. The Morgan fingerprint density at radius 1 is 1.24 bits per heavy atom. The topological polar surface area (TPSA) is 54.9 Å². The summed E-state index contributed by atoms with van der Waals surface area (Å²) >= 11 is 1.98. The minimum absolute atomic E-state index is 0. The van der Waals surface area contributed by atoms with Crippen LogP contribution < -0.4 is 15.4 Å². The van der Waals surface area contributed by atoms with E-state index < -0.39 is 0 Å². The fourth-order valence-electron chi connectivity index (χ4n) is 4.33. The van der Waals surface area contributed by atoms with Gasteiger partial charge in [-0.15, -0.1) is 24.0 Å². The summed E-state index contributed by atoms with van der Waals surface area (Å²) in [4.78, 5) is 4.49. The highest BCUT2D eigenvalue weighted by Gasteiger charge is 2.35. The van der Waals surface area contributed by atoms with Crippen LogP contribution in [-0.4, -0.2) is 56.9 Å². The van der Waals surface area contributed by atoms with Crippen molar-refractivity contribution in [2.45, 2.75) is 55.7 Å². The molecule has 2 N–H and O–H groups in total. The number of nitrogens with one attached hydrogen (secondary N) is 2. The number of benzene rings is 1. The Hall–Kier alpha value is -0.670. The van der Waals surface area contributed by atoms with E-state index in [1.54, 1.807) is 0 Å². The summed E-state index contributed by atoms with van der Waals surface area (Å²) in [6.45, 7) is 5.18. The number of guanidine groups is 1. The summed E-state index contributed by atoms with van der Waals surface area (Å²) in [5.41, 5.74) is 1.42. The maximum absolute atomic E-state index is 5.67. The van der Waals surface area contributed by atoms with E-state index in [1.165, 1.54) is 24.8 Å². The zero-order valence-electron chi connectivity index (χ0n) is 17.9. The van der Waals surface area contributed by atoms with Crippen LogP contribution in [0.2, 0.25) is 0 Å². The van der Waals surface area contributed by atoms with Gasteiger partial charge in [-0.1, -0.05) is 12.1 Å². The summed E-state index contributed by atoms with van der Waals surface area (Å²) < 4.78 is 11.3. The number of thioether (sulfide) groups is 1. The molecular weight excluding hydrogens is 497 g/mol. The van der Waals surface area contributed by atoms with Gasteiger partial charge in [-0.2, -0.15) is 11.8 Å². The Labute approximate surface area is 197 Å². The van der Waals surface area contributed by atoms with Gasteiger partial charge in [0.25, 0.3) is 0 Å². The van der Waals surface area contributed by atoms with Gasteiger partial charge in [-0.3, -0.25) is 4.99 Å². The molecule has 164 valence electrons. The quantitative estimate of drug-likeness (QED) is 0.313. The van der Waals surface area contributed by atoms with E-state index in [2.05, 4.69) is 46.1 Å². The first-order valence-corrected chi connectivity index (χ1v) is 11.8. The Morgan fingerprint density at radius 3 is 2.55 bits per heavy atom. The zero-order valence-corrected chi connectivity index (χ0v) is 21.1. The number of ether oxygens (including phenoxy) is 2. The molecule has 0 spiro atoms. The molecule has 1 aliphatic heterocycles. The molecule has 7 heteroatoms. The average molecular weight is 534 g/mol. The van der Waals surface area contributed by atoms with Crippen LogP contribution in [0, 0.1) is 0 Å². The molecule has 1 aromatic carbocycles. The first kappa shape index (κ1) is 24.6. The molecule has 2 aliphatic rings. The van der Waals surface area contributed by atoms with Gasteiger partial charge in [0.15, 0.2) is 5.96 Å². The van der Waals surface area contributed by atoms with E-state index in [4.69, 9.17) is 9.47 Å². The third-order valence-corrected chi connectivity index (χ3v) is 7.20. The molecule has 0 amide bonds. The maximum atomic E-state index is 5.67. The van der Waals surface area contributed by atoms with Crippen molar-refractivity contribution < 1.29 is 9.47 Å². The van der Waals surface area contributed by atoms with E-state index in [0.717, 1.165) is 49.6 Å². The lowest BCUT2D eigenvalue weighted by molar-refractivity contribution is 0.0513. The second-order valence-electron chi connectivity index (χ2n) is 7.79. The Kier molecular flexibility index (Phi) is 10.4. The SMILES string of the molecule is CCOc1ccc(C2(CNC(=NC)NC3CCC(SC)C3)CCOCC2)cc1.I. The molecule has 2 atom stereocenters. The van der Waals surface area contributed by atoms with Gasteiger partial charge in [-0.05, 0) is 63.0 Å². The number of hydrogen-bond acceptors (Lipinski definition) is 4. The van der Waals surface area contributed by atoms with Gasteiger partial charge in [0.05, 0.1) is 6.61 Å². The Bertz CT molecular complexity index is 635. The average Bonchev–Trinajstić information content (AvgIpc) is 3.20. The van der Waals surface area contributed by atoms with Crippen molar-refractivity contribution in [3.63, 3.8) is 0 Å². The van der Waals surface area contributed by atoms with Crippen LogP contribution in [0.4, 0.5) is 0 Å². The predicted molar refractivity (Wildman–Crippen MR) is 134 cm³/mol. The van der Waals surface area contributed by atoms with Crippen LogP contribution in [0.1, 0.15) is 44.6 Å². The van der Waals surface area contributed by atoms with Crippen molar-refractivity contribution >= 4 is 41.7 Å². The number of rotatable bonds is 7. The van der Waals surface area contributed by atoms with Crippen molar-refractivity contribution in [1.29, 1.82) is 0 Å². The van der Waals surface area contributed by atoms with Gasteiger partial charge in [0.1, 0.15) is 5.75 Å². The molecule has 5 nitrogen and oxygen atoms in total. The van der Waals surface area contributed by atoms with Crippen LogP contribution >= 0.6 is 35.7 Å². The molecule has 0 aromatic heterocycles. The molecule has 1 heterocycles. The summed E-state index contributed by atoms with van der Waals surface area (Å²) in [5.74, 6) is 1.85. The molecule has 1 aliphatic carbocycles. The minimum atomic E-state index is 0. The maximum Gasteiger partial charge on any atom is 0.191 e. The normalized spacial score (nSPS) is 23.9. The number of aliphatic imine (C=N–C) groups is 1. The third kappa shape index (κ3) is 6.66. The standard InChI is InChI=1S/C22H35N3O2S.HI/c1-4-27-19-8-5-17(6-9-19)22(11-13-26-14-12-22)16-24-21(23-2)25-18-7-10-20(15-18)28-3;/h5-6,8-9,18,20H,4,7,10-16H2,1-3H3,(H2,23,24,25);1H. The summed E-state index contributed by atoms with van der Waals surface area (Å²) in [6, 6.07) is 9.14. The molecular formula is C22H36IN3O2S. The van der Waals surface area contributed by atoms with E-state index in [9.17, 15) is 0 Å². The highest BCUT2D eigenvalue weighted by atomic mass is 127. The lowest BCUT2D eigenvalue weighted by atomic mass is 9.74. The molecule has 0 radical (unpaired) electrons. The smallest absolute Gasteiger partial charge is 0.191 e. The summed E-state index contributed by atoms with van der Waals surface area (Å²) in [7, 11) is 1.86. The molecule has 0 bridgehead atoms. The second-order valence-corrected chi connectivity index (χ2v) is 8.93. The molecule has 2 unspecified atom stereocenters. The first-order chi connectivity index (χ1) is 13.7. The summed E-state index contributed by atoms with van der Waals surface area (Å²) in [5, 5.41) is 8.04. The van der Waals surface area contributed by atoms with Crippen molar-refractivity contribution in [2.24, 2.45) is 4.99 Å². The minimum Gasteiger partial charge on any atom is -0.494 e. The van der Waals surface area contributed by atoms with E-state index in [-0.39, 0.29) is 29.4 Å². The van der Waals surface area contributed by atoms with Crippen molar-refractivity contribution in [2.75, 3.05) is 39.7 Å². The third-order valence-electron chi connectivity index (χ3n) is 6.10. The molecule has 1 aromatic rings. The number of hydrogen-bond donors (Lipinski definition) is 2. The lowest BCUT2D eigenvalue weighted by Crippen LogP contribution is -2.49. The van der Waals surface area contributed by atoms with Crippen LogP contribution in [-0.2, 0) is 10.2 Å². The van der Waals surface area contributed by atoms with Crippen molar-refractivity contribution in [1.82, 2.24) is 10.6 Å². The predicted octanol–water partition coefficient (Wildman–Crippen LogP) is 4.20. The van der Waals surface area contributed by atoms with Crippen LogP contribution in [0.5, 0.6) is 5.75 Å². The molecule has 2 fully saturated rings. The van der Waals surface area contributed by atoms with Gasteiger partial charge >= 0.3 is 0 Å². The summed E-state index contributed by atoms with van der Waals surface area (Å²) in [6.07, 6.45) is 7.99. The number of halogens is 1. The van der Waals surface area contributed by atoms with Gasteiger partial charge in [0, 0.05) is 43.5 Å². The Morgan fingerprint density at radius 2 is 1.97 bits per heavy atom. The van der Waals surface area contributed by atoms with Crippen molar-refractivity contribution in [3.8, 4) is 5.75 Å². The van der Waals surface area contributed by atoms with E-state index in [0.29, 0.717) is 12.6 Å². The van der Waals surface area contributed by atoms with Crippen LogP contribution in [0.25, 0.3) is 0 Å². The molecule has 29 heavy (non-hydrogen) atoms. The Balaban J connectivity index is 0.00000300. The first-order valence-electron chi connectivity index (χ1n) is 10.5. The number of nitrogens with zero attached hydrogens (tertiary/aromatic N) is 1. The fraction of sp³-hybridized carbons (Fsp3) is 0.682. The van der Waals surface area contributed by atoms with Crippen LogP contribution in [0.3, 0.4) is 0 Å². The molecule has 1 saturated carbocycles. The zero-order chi connectivity index (χ0) is 19.8. The largest absolute Gasteiger partial charge is 0.494 e. The second kappa shape index (κ2) is 12.2.